The Morgan fingerprint density at radius 1 is 0.923 bits per heavy atom. The number of benzene rings is 2. The van der Waals surface area contributed by atoms with E-state index in [9.17, 15) is 4.79 Å². The molecule has 0 aliphatic carbocycles. The van der Waals surface area contributed by atoms with Crippen LogP contribution in [0.2, 0.25) is 10.0 Å². The van der Waals surface area contributed by atoms with Crippen molar-refractivity contribution < 1.29 is 4.79 Å². The number of amides is 1. The predicted octanol–water partition coefficient (Wildman–Crippen LogP) is 4.33. The molecule has 3 rings (SSSR count). The second kappa shape index (κ2) is 8.65. The number of halogens is 2. The minimum atomic E-state index is -0.304. The lowest BCUT2D eigenvalue weighted by Gasteiger charge is -2.08. The second-order valence-electron chi connectivity index (χ2n) is 5.54. The van der Waals surface area contributed by atoms with Gasteiger partial charge in [0.25, 0.3) is 5.91 Å². The molecule has 2 aromatic carbocycles. The molecule has 0 saturated carbocycles. The molecule has 0 bridgehead atoms. The molecule has 3 aromatic rings. The molecule has 132 valence electrons. The fraction of sp³-hybridized carbons (Fsp3) is 0.105. The average Bonchev–Trinajstić information content (AvgIpc) is 2.67. The summed E-state index contributed by atoms with van der Waals surface area (Å²) in [4.78, 5) is 20.5. The Hall–Kier alpha value is -2.63. The maximum Gasteiger partial charge on any atom is 0.271 e. The van der Waals surface area contributed by atoms with Gasteiger partial charge in [-0.05, 0) is 29.3 Å². The molecule has 5 nitrogen and oxygen atoms in total. The Bertz CT molecular complexity index is 883. The van der Waals surface area contributed by atoms with Crippen LogP contribution in [-0.2, 0) is 13.1 Å². The van der Waals surface area contributed by atoms with E-state index in [0.29, 0.717) is 29.0 Å². The summed E-state index contributed by atoms with van der Waals surface area (Å²) in [5.41, 5.74) is 2.16. The van der Waals surface area contributed by atoms with Crippen LogP contribution in [0.3, 0.4) is 0 Å². The molecule has 0 aliphatic heterocycles. The summed E-state index contributed by atoms with van der Waals surface area (Å²) in [6.45, 7) is 0.917. The Labute approximate surface area is 161 Å². The third-order valence-corrected chi connectivity index (χ3v) is 4.29. The van der Waals surface area contributed by atoms with E-state index >= 15 is 0 Å². The lowest BCUT2D eigenvalue weighted by molar-refractivity contribution is 0.0945. The third kappa shape index (κ3) is 4.94. The molecule has 0 spiro atoms. The van der Waals surface area contributed by atoms with Crippen molar-refractivity contribution in [2.75, 3.05) is 5.32 Å². The summed E-state index contributed by atoms with van der Waals surface area (Å²) in [6, 6.07) is 14.9. The van der Waals surface area contributed by atoms with Crippen molar-refractivity contribution in [3.05, 3.63) is 87.8 Å². The largest absolute Gasteiger partial charge is 0.365 e. The van der Waals surface area contributed by atoms with Crippen LogP contribution in [0.25, 0.3) is 0 Å². The van der Waals surface area contributed by atoms with Crippen LogP contribution in [0.4, 0.5) is 5.82 Å². The number of nitrogens with zero attached hydrogens (tertiary/aromatic N) is 2. The number of anilines is 1. The first-order valence-corrected chi connectivity index (χ1v) is 8.69. The van der Waals surface area contributed by atoms with Gasteiger partial charge in [-0.3, -0.25) is 4.79 Å². The number of hydrogen-bond acceptors (Lipinski definition) is 4. The highest BCUT2D eigenvalue weighted by Gasteiger charge is 2.09. The Balaban J connectivity index is 1.54. The highest BCUT2D eigenvalue weighted by Crippen LogP contribution is 2.14. The van der Waals surface area contributed by atoms with E-state index < -0.39 is 0 Å². The van der Waals surface area contributed by atoms with Crippen molar-refractivity contribution in [3.8, 4) is 0 Å². The number of nitrogens with one attached hydrogen (secondary N) is 2. The van der Waals surface area contributed by atoms with Gasteiger partial charge in [0.2, 0.25) is 0 Å². The molecule has 0 unspecified atom stereocenters. The molecule has 0 aliphatic rings. The van der Waals surface area contributed by atoms with Crippen LogP contribution in [-0.4, -0.2) is 15.9 Å². The van der Waals surface area contributed by atoms with Gasteiger partial charge in [-0.1, -0.05) is 53.5 Å². The van der Waals surface area contributed by atoms with Crippen molar-refractivity contribution in [2.24, 2.45) is 0 Å². The lowest BCUT2D eigenvalue weighted by atomic mass is 10.2. The highest BCUT2D eigenvalue weighted by atomic mass is 35.5. The number of rotatable bonds is 6. The molecular formula is C19H16Cl2N4O. The minimum absolute atomic E-state index is 0.245. The molecule has 0 fully saturated rings. The van der Waals surface area contributed by atoms with E-state index in [-0.39, 0.29) is 11.6 Å². The van der Waals surface area contributed by atoms with Gasteiger partial charge in [-0.15, -0.1) is 0 Å². The third-order valence-electron chi connectivity index (χ3n) is 3.67. The van der Waals surface area contributed by atoms with Crippen molar-refractivity contribution in [2.45, 2.75) is 13.1 Å². The molecule has 26 heavy (non-hydrogen) atoms. The normalized spacial score (nSPS) is 10.4. The summed E-state index contributed by atoms with van der Waals surface area (Å²) >= 11 is 11.9. The molecule has 0 radical (unpaired) electrons. The van der Waals surface area contributed by atoms with Crippen molar-refractivity contribution >= 4 is 34.9 Å². The fourth-order valence-corrected chi connectivity index (χ4v) is 2.57. The molecule has 2 N–H and O–H groups in total. The molecule has 0 atom stereocenters. The second-order valence-corrected chi connectivity index (χ2v) is 6.38. The molecule has 1 heterocycles. The predicted molar refractivity (Wildman–Crippen MR) is 103 cm³/mol. The van der Waals surface area contributed by atoms with E-state index in [2.05, 4.69) is 20.6 Å². The number of carbonyl (C=O) groups excluding carboxylic acids is 1. The number of aromatic nitrogens is 2. The fourth-order valence-electron chi connectivity index (χ4n) is 2.24. The van der Waals surface area contributed by atoms with Crippen LogP contribution < -0.4 is 10.6 Å². The van der Waals surface area contributed by atoms with Gasteiger partial charge in [0.1, 0.15) is 11.5 Å². The van der Waals surface area contributed by atoms with Crippen LogP contribution >= 0.6 is 23.2 Å². The molecule has 1 aromatic heterocycles. The van der Waals surface area contributed by atoms with Crippen molar-refractivity contribution in [3.63, 3.8) is 0 Å². The zero-order valence-electron chi connectivity index (χ0n) is 13.7. The maximum absolute atomic E-state index is 12.2. The SMILES string of the molecule is O=C(NCc1ccccc1Cl)c1cnc(NCc2ccc(Cl)cc2)cn1. The first-order valence-electron chi connectivity index (χ1n) is 7.94. The summed E-state index contributed by atoms with van der Waals surface area (Å²) in [5, 5.41) is 7.23. The van der Waals surface area contributed by atoms with E-state index in [0.717, 1.165) is 11.1 Å². The Morgan fingerprint density at radius 2 is 1.69 bits per heavy atom. The van der Waals surface area contributed by atoms with Gasteiger partial charge >= 0.3 is 0 Å². The van der Waals surface area contributed by atoms with E-state index in [1.54, 1.807) is 6.07 Å². The van der Waals surface area contributed by atoms with Crippen LogP contribution in [0, 0.1) is 0 Å². The zero-order chi connectivity index (χ0) is 18.4. The maximum atomic E-state index is 12.2. The Morgan fingerprint density at radius 3 is 2.38 bits per heavy atom. The van der Waals surface area contributed by atoms with Gasteiger partial charge in [0.05, 0.1) is 12.4 Å². The van der Waals surface area contributed by atoms with Gasteiger partial charge in [-0.25, -0.2) is 9.97 Å². The smallest absolute Gasteiger partial charge is 0.271 e. The average molecular weight is 387 g/mol. The number of hydrogen-bond donors (Lipinski definition) is 2. The monoisotopic (exact) mass is 386 g/mol. The first kappa shape index (κ1) is 18.2. The quantitative estimate of drug-likeness (QED) is 0.661. The summed E-state index contributed by atoms with van der Waals surface area (Å²) in [7, 11) is 0. The molecular weight excluding hydrogens is 371 g/mol. The minimum Gasteiger partial charge on any atom is -0.365 e. The van der Waals surface area contributed by atoms with Gasteiger partial charge in [0.15, 0.2) is 0 Å². The topological polar surface area (TPSA) is 66.9 Å². The highest BCUT2D eigenvalue weighted by molar-refractivity contribution is 6.31. The summed E-state index contributed by atoms with van der Waals surface area (Å²) in [5.74, 6) is 0.282. The Kier molecular flexibility index (Phi) is 6.04. The molecule has 1 amide bonds. The molecule has 7 heteroatoms. The van der Waals surface area contributed by atoms with Gasteiger partial charge < -0.3 is 10.6 Å². The van der Waals surface area contributed by atoms with Gasteiger partial charge in [0, 0.05) is 23.1 Å². The standard InChI is InChI=1S/C19H16Cl2N4O/c20-15-7-5-13(6-8-15)9-23-18-12-22-17(11-24-18)19(26)25-10-14-3-1-2-4-16(14)21/h1-8,11-12H,9-10H2,(H,23,24)(H,25,26). The van der Waals surface area contributed by atoms with E-state index in [1.807, 2.05) is 42.5 Å². The van der Waals surface area contributed by atoms with Gasteiger partial charge in [-0.2, -0.15) is 0 Å². The summed E-state index contributed by atoms with van der Waals surface area (Å²) in [6.07, 6.45) is 2.96. The van der Waals surface area contributed by atoms with Crippen LogP contribution in [0.5, 0.6) is 0 Å². The van der Waals surface area contributed by atoms with E-state index in [4.69, 9.17) is 23.2 Å². The molecule has 0 saturated heterocycles. The first-order chi connectivity index (χ1) is 12.6. The summed E-state index contributed by atoms with van der Waals surface area (Å²) < 4.78 is 0. The zero-order valence-corrected chi connectivity index (χ0v) is 15.3. The van der Waals surface area contributed by atoms with Crippen molar-refractivity contribution in [1.29, 1.82) is 0 Å². The van der Waals surface area contributed by atoms with E-state index in [1.165, 1.54) is 12.4 Å². The number of carbonyl (C=O) groups is 1. The van der Waals surface area contributed by atoms with Crippen LogP contribution in [0.15, 0.2) is 60.9 Å². The lowest BCUT2D eigenvalue weighted by Crippen LogP contribution is -2.24. The van der Waals surface area contributed by atoms with Crippen LogP contribution in [0.1, 0.15) is 21.6 Å². The van der Waals surface area contributed by atoms with Crippen molar-refractivity contribution in [1.82, 2.24) is 15.3 Å².